The summed E-state index contributed by atoms with van der Waals surface area (Å²) in [6.45, 7) is 3.02. The van der Waals surface area contributed by atoms with E-state index in [1.807, 2.05) is 0 Å². The van der Waals surface area contributed by atoms with Crippen molar-refractivity contribution in [1.82, 2.24) is 0 Å². The number of hydrogen-bond acceptors (Lipinski definition) is 6. The quantitative estimate of drug-likeness (QED) is 0.472. The van der Waals surface area contributed by atoms with Crippen molar-refractivity contribution in [2.45, 2.75) is 19.4 Å². The summed E-state index contributed by atoms with van der Waals surface area (Å²) >= 11 is 0. The Bertz CT molecular complexity index is 465. The molecule has 0 saturated heterocycles. The first-order valence-corrected chi connectivity index (χ1v) is 7.06. The maximum atomic E-state index is 10.7. The van der Waals surface area contributed by atoms with E-state index in [1.54, 1.807) is 32.2 Å². The van der Waals surface area contributed by atoms with Crippen LogP contribution in [0.2, 0.25) is 0 Å². The van der Waals surface area contributed by atoms with Crippen molar-refractivity contribution in [3.8, 4) is 11.5 Å². The van der Waals surface area contributed by atoms with Crippen molar-refractivity contribution in [2.24, 2.45) is 0 Å². The molecule has 124 valence electrons. The van der Waals surface area contributed by atoms with E-state index >= 15 is 0 Å². The molecule has 0 fully saturated rings. The molecule has 0 bridgehead atoms. The predicted octanol–water partition coefficient (Wildman–Crippen LogP) is 1.55. The lowest BCUT2D eigenvalue weighted by Crippen LogP contribution is -2.25. The summed E-state index contributed by atoms with van der Waals surface area (Å²) in [6.07, 6.45) is -0.352. The maximum Gasteiger partial charge on any atom is 0.332 e. The Morgan fingerprint density at radius 2 is 1.86 bits per heavy atom. The molecule has 1 aromatic carbocycles. The summed E-state index contributed by atoms with van der Waals surface area (Å²) in [6, 6.07) is 5.13. The molecule has 1 aromatic rings. The molecule has 7 nitrogen and oxygen atoms in total. The topological polar surface area (TPSA) is 100 Å². The molecule has 0 saturated carbocycles. The van der Waals surface area contributed by atoms with Gasteiger partial charge in [-0.2, -0.15) is 0 Å². The van der Waals surface area contributed by atoms with Crippen LogP contribution in [0.15, 0.2) is 18.2 Å². The summed E-state index contributed by atoms with van der Waals surface area (Å²) in [5.41, 5.74) is 6.27. The Hall–Kier alpha value is -1.99. The van der Waals surface area contributed by atoms with E-state index in [1.165, 1.54) is 0 Å². The second-order valence-electron chi connectivity index (χ2n) is 4.51. The van der Waals surface area contributed by atoms with E-state index in [-0.39, 0.29) is 6.61 Å². The molecule has 0 aliphatic heterocycles. The van der Waals surface area contributed by atoms with Crippen LogP contribution >= 0.6 is 0 Å². The Morgan fingerprint density at radius 3 is 2.50 bits per heavy atom. The van der Waals surface area contributed by atoms with Gasteiger partial charge in [-0.15, -0.1) is 0 Å². The third-order valence-corrected chi connectivity index (χ3v) is 2.83. The van der Waals surface area contributed by atoms with Crippen LogP contribution in [-0.4, -0.2) is 50.7 Å². The van der Waals surface area contributed by atoms with Crippen LogP contribution in [0, 0.1) is 0 Å². The Morgan fingerprint density at radius 1 is 1.18 bits per heavy atom. The number of benzene rings is 1. The molecule has 1 atom stereocenters. The van der Waals surface area contributed by atoms with Gasteiger partial charge in [-0.3, -0.25) is 0 Å². The van der Waals surface area contributed by atoms with Gasteiger partial charge in [0.15, 0.2) is 6.10 Å². The van der Waals surface area contributed by atoms with Crippen molar-refractivity contribution in [2.75, 3.05) is 39.3 Å². The number of ether oxygens (including phenoxy) is 4. The third-order valence-electron chi connectivity index (χ3n) is 2.83. The zero-order valence-electron chi connectivity index (χ0n) is 12.9. The first-order valence-electron chi connectivity index (χ1n) is 7.06. The molecule has 3 N–H and O–H groups in total. The first kappa shape index (κ1) is 18.1. The van der Waals surface area contributed by atoms with E-state index in [4.69, 9.17) is 29.8 Å². The number of hydrogen-bond donors (Lipinski definition) is 2. The summed E-state index contributed by atoms with van der Waals surface area (Å²) in [4.78, 5) is 10.7. The van der Waals surface area contributed by atoms with Crippen molar-refractivity contribution >= 4 is 11.7 Å². The first-order chi connectivity index (χ1) is 10.6. The Kier molecular flexibility index (Phi) is 8.09. The largest absolute Gasteiger partial charge is 0.497 e. The molecular weight excluding hydrogens is 290 g/mol. The zero-order valence-corrected chi connectivity index (χ0v) is 12.9. The molecule has 7 heteroatoms. The van der Waals surface area contributed by atoms with E-state index in [2.05, 4.69) is 0 Å². The minimum atomic E-state index is -0.957. The molecule has 0 spiro atoms. The van der Waals surface area contributed by atoms with Gasteiger partial charge in [0.2, 0.25) is 0 Å². The molecule has 0 amide bonds. The summed E-state index contributed by atoms with van der Waals surface area (Å²) in [5, 5.41) is 8.80. The Labute approximate surface area is 129 Å². The number of aliphatic carboxylic acids is 1. The van der Waals surface area contributed by atoms with Gasteiger partial charge < -0.3 is 29.8 Å². The molecule has 0 aromatic heterocycles. The van der Waals surface area contributed by atoms with Crippen LogP contribution in [0.1, 0.15) is 13.3 Å². The van der Waals surface area contributed by atoms with Crippen molar-refractivity contribution in [3.05, 3.63) is 18.2 Å². The lowest BCUT2D eigenvalue weighted by molar-refractivity contribution is -0.151. The van der Waals surface area contributed by atoms with Gasteiger partial charge in [0, 0.05) is 23.9 Å². The van der Waals surface area contributed by atoms with Crippen LogP contribution in [0.3, 0.4) is 0 Å². The predicted molar refractivity (Wildman–Crippen MR) is 81.4 cm³/mol. The molecule has 0 heterocycles. The van der Waals surface area contributed by atoms with Crippen LogP contribution in [0.25, 0.3) is 0 Å². The number of carbonyl (C=O) groups is 1. The van der Waals surface area contributed by atoms with Gasteiger partial charge in [0.1, 0.15) is 18.1 Å². The van der Waals surface area contributed by atoms with Gasteiger partial charge in [-0.1, -0.05) is 6.92 Å². The molecule has 22 heavy (non-hydrogen) atoms. The second-order valence-corrected chi connectivity index (χ2v) is 4.51. The maximum absolute atomic E-state index is 10.7. The minimum Gasteiger partial charge on any atom is -0.497 e. The lowest BCUT2D eigenvalue weighted by Gasteiger charge is -2.12. The fraction of sp³-hybridized carbons (Fsp3) is 0.533. The van der Waals surface area contributed by atoms with Gasteiger partial charge in [-0.25, -0.2) is 4.79 Å². The molecule has 0 aliphatic carbocycles. The van der Waals surface area contributed by atoms with E-state index in [9.17, 15) is 4.79 Å². The van der Waals surface area contributed by atoms with Crippen LogP contribution < -0.4 is 15.2 Å². The fourth-order valence-electron chi connectivity index (χ4n) is 1.73. The minimum absolute atomic E-state index is 0.233. The average Bonchev–Trinajstić information content (AvgIpc) is 2.49. The molecular formula is C15H23NO6. The normalized spacial score (nSPS) is 11.9. The van der Waals surface area contributed by atoms with Gasteiger partial charge in [0.25, 0.3) is 0 Å². The second kappa shape index (κ2) is 9.86. The third kappa shape index (κ3) is 6.64. The number of methoxy groups -OCH3 is 1. The number of carboxylic acids is 1. The number of nitrogens with two attached hydrogens (primary N) is 1. The standard InChI is InChI=1S/C15H23NO6/c1-3-14(15(17)18)22-7-5-20-4-6-21-13-9-11(16)8-12(10-13)19-2/h8-10,14H,3-7,16H2,1-2H3,(H,17,18). The monoisotopic (exact) mass is 313 g/mol. The fourth-order valence-corrected chi connectivity index (χ4v) is 1.73. The summed E-state index contributed by atoms with van der Waals surface area (Å²) in [5.74, 6) is 0.277. The molecule has 1 rings (SSSR count). The number of rotatable bonds is 11. The zero-order chi connectivity index (χ0) is 16.4. The van der Waals surface area contributed by atoms with Crippen LogP contribution in [-0.2, 0) is 14.3 Å². The van der Waals surface area contributed by atoms with E-state index in [0.29, 0.717) is 43.4 Å². The lowest BCUT2D eigenvalue weighted by atomic mass is 10.3. The Balaban J connectivity index is 2.15. The highest BCUT2D eigenvalue weighted by Gasteiger charge is 2.14. The van der Waals surface area contributed by atoms with Gasteiger partial charge in [-0.05, 0) is 6.42 Å². The average molecular weight is 313 g/mol. The highest BCUT2D eigenvalue weighted by atomic mass is 16.6. The summed E-state index contributed by atoms with van der Waals surface area (Å²) in [7, 11) is 1.56. The van der Waals surface area contributed by atoms with Crippen LogP contribution in [0.5, 0.6) is 11.5 Å². The smallest absolute Gasteiger partial charge is 0.332 e. The molecule has 0 aliphatic rings. The van der Waals surface area contributed by atoms with Crippen LogP contribution in [0.4, 0.5) is 5.69 Å². The number of carboxylic acid groups (broad SMARTS) is 1. The van der Waals surface area contributed by atoms with Crippen molar-refractivity contribution in [1.29, 1.82) is 0 Å². The molecule has 0 radical (unpaired) electrons. The highest BCUT2D eigenvalue weighted by Crippen LogP contribution is 2.23. The molecule has 1 unspecified atom stereocenters. The van der Waals surface area contributed by atoms with Crippen molar-refractivity contribution < 1.29 is 28.8 Å². The van der Waals surface area contributed by atoms with Gasteiger partial charge >= 0.3 is 5.97 Å². The number of anilines is 1. The van der Waals surface area contributed by atoms with E-state index in [0.717, 1.165) is 0 Å². The SMILES string of the molecule is CCC(OCCOCCOc1cc(N)cc(OC)c1)C(=O)O. The van der Waals surface area contributed by atoms with E-state index < -0.39 is 12.1 Å². The van der Waals surface area contributed by atoms with Crippen molar-refractivity contribution in [3.63, 3.8) is 0 Å². The number of nitrogen functional groups attached to an aromatic ring is 1. The summed E-state index contributed by atoms with van der Waals surface area (Å²) < 4.78 is 21.1. The highest BCUT2D eigenvalue weighted by molar-refractivity contribution is 5.72. The van der Waals surface area contributed by atoms with Gasteiger partial charge in [0.05, 0.1) is 26.9 Å².